The fraction of sp³-hybridized carbons (Fsp3) is 0.500. The molecule has 0 radical (unpaired) electrons. The Balaban J connectivity index is 1.22. The summed E-state index contributed by atoms with van der Waals surface area (Å²) in [5, 5.41) is 0. The van der Waals surface area contributed by atoms with Crippen molar-refractivity contribution in [2.24, 2.45) is 17.8 Å². The van der Waals surface area contributed by atoms with Gasteiger partial charge in [-0.05, 0) is 61.3 Å². The van der Waals surface area contributed by atoms with Crippen molar-refractivity contribution in [1.82, 2.24) is 9.88 Å². The van der Waals surface area contributed by atoms with Crippen LogP contribution in [0.5, 0.6) is 0 Å². The van der Waals surface area contributed by atoms with E-state index in [1.54, 1.807) is 0 Å². The summed E-state index contributed by atoms with van der Waals surface area (Å²) in [7, 11) is 0. The minimum atomic E-state index is -0.256. The molecule has 1 amide bonds. The molecule has 4 aliphatic rings. The highest BCUT2D eigenvalue weighted by Gasteiger charge is 2.46. The van der Waals surface area contributed by atoms with Crippen LogP contribution in [-0.4, -0.2) is 35.5 Å². The Morgan fingerprint density at radius 3 is 2.83 bits per heavy atom. The molecular weight excluding hydrogens is 394 g/mol. The Hall–Kier alpha value is -2.18. The highest BCUT2D eigenvalue weighted by Crippen LogP contribution is 2.48. The fourth-order valence-corrected chi connectivity index (χ4v) is 7.13. The van der Waals surface area contributed by atoms with Crippen LogP contribution in [0.2, 0.25) is 0 Å². The second kappa shape index (κ2) is 6.92. The number of hydrogen-bond donors (Lipinski definition) is 1. The lowest BCUT2D eigenvalue weighted by molar-refractivity contribution is -0.145. The minimum Gasteiger partial charge on any atom is -0.384 e. The SMILES string of the molecule is Nc1cccc(-c2cc3c(s2)CCOC32CCN(C(=O)[C@H]3C[C@@H]4C=C[C@H]3C4)CC2)n1. The van der Waals surface area contributed by atoms with Crippen LogP contribution in [0, 0.1) is 17.8 Å². The molecule has 2 N–H and O–H groups in total. The standard InChI is InChI=1S/C24H27N3O2S/c25-22-3-1-2-19(26-22)21-14-18-20(30-21)6-11-29-24(18)7-9-27(10-8-24)23(28)17-13-15-4-5-16(17)12-15/h1-5,14-17H,6-13H2,(H2,25,26)/t15-,16+,17+/m1/s1. The van der Waals surface area contributed by atoms with Crippen LogP contribution in [0.1, 0.15) is 36.1 Å². The maximum Gasteiger partial charge on any atom is 0.226 e. The fourth-order valence-electron chi connectivity index (χ4n) is 5.93. The Morgan fingerprint density at radius 1 is 1.23 bits per heavy atom. The zero-order chi connectivity index (χ0) is 20.3. The summed E-state index contributed by atoms with van der Waals surface area (Å²) in [5.74, 6) is 2.23. The van der Waals surface area contributed by atoms with E-state index in [9.17, 15) is 4.79 Å². The van der Waals surface area contributed by atoms with Crippen molar-refractivity contribution in [2.75, 3.05) is 25.4 Å². The predicted octanol–water partition coefficient (Wildman–Crippen LogP) is 3.99. The molecule has 2 aliphatic heterocycles. The van der Waals surface area contributed by atoms with Crippen LogP contribution < -0.4 is 5.73 Å². The molecule has 4 heterocycles. The van der Waals surface area contributed by atoms with Crippen LogP contribution in [-0.2, 0) is 21.6 Å². The highest BCUT2D eigenvalue weighted by molar-refractivity contribution is 7.15. The largest absolute Gasteiger partial charge is 0.384 e. The first-order valence-electron chi connectivity index (χ1n) is 11.1. The summed E-state index contributed by atoms with van der Waals surface area (Å²) in [4.78, 5) is 22.3. The summed E-state index contributed by atoms with van der Waals surface area (Å²) in [5.41, 5.74) is 7.89. The number of aromatic nitrogens is 1. The van der Waals surface area contributed by atoms with Gasteiger partial charge in [0.2, 0.25) is 5.91 Å². The maximum atomic E-state index is 13.2. The lowest BCUT2D eigenvalue weighted by Crippen LogP contribution is -2.49. The molecule has 0 aromatic carbocycles. The van der Waals surface area contributed by atoms with Gasteiger partial charge in [0.25, 0.3) is 0 Å². The highest BCUT2D eigenvalue weighted by atomic mass is 32.1. The van der Waals surface area contributed by atoms with Crippen molar-refractivity contribution in [3.8, 4) is 10.6 Å². The van der Waals surface area contributed by atoms with Crippen molar-refractivity contribution >= 4 is 23.1 Å². The number of piperidine rings is 1. The first kappa shape index (κ1) is 18.6. The summed E-state index contributed by atoms with van der Waals surface area (Å²) in [6, 6.07) is 8.06. The Bertz CT molecular complexity index is 1020. The molecule has 1 saturated heterocycles. The molecule has 2 fully saturated rings. The van der Waals surface area contributed by atoms with Gasteiger partial charge in [-0.2, -0.15) is 0 Å². The van der Waals surface area contributed by atoms with E-state index in [2.05, 4.69) is 28.1 Å². The zero-order valence-electron chi connectivity index (χ0n) is 17.0. The first-order valence-corrected chi connectivity index (χ1v) is 11.9. The quantitative estimate of drug-likeness (QED) is 0.745. The van der Waals surface area contributed by atoms with Crippen LogP contribution in [0.4, 0.5) is 5.82 Å². The number of pyridine rings is 1. The van der Waals surface area contributed by atoms with E-state index in [0.717, 1.165) is 56.0 Å². The number of hydrogen-bond acceptors (Lipinski definition) is 5. The summed E-state index contributed by atoms with van der Waals surface area (Å²) in [6.07, 6.45) is 9.51. The van der Waals surface area contributed by atoms with E-state index in [4.69, 9.17) is 10.5 Å². The van der Waals surface area contributed by atoms with E-state index in [1.807, 2.05) is 29.5 Å². The van der Waals surface area contributed by atoms with Gasteiger partial charge in [-0.15, -0.1) is 11.3 Å². The third kappa shape index (κ3) is 2.92. The van der Waals surface area contributed by atoms with Crippen LogP contribution >= 0.6 is 11.3 Å². The van der Waals surface area contributed by atoms with Crippen LogP contribution in [0.3, 0.4) is 0 Å². The molecule has 6 heteroatoms. The Labute approximate surface area is 180 Å². The van der Waals surface area contributed by atoms with Gasteiger partial charge in [0.15, 0.2) is 0 Å². The zero-order valence-corrected chi connectivity index (χ0v) is 17.9. The molecule has 30 heavy (non-hydrogen) atoms. The molecule has 3 atom stereocenters. The second-order valence-corrected chi connectivity index (χ2v) is 10.3. The average Bonchev–Trinajstić information content (AvgIpc) is 3.50. The van der Waals surface area contributed by atoms with Gasteiger partial charge < -0.3 is 15.4 Å². The number of nitrogen functional groups attached to an aromatic ring is 1. The minimum absolute atomic E-state index is 0.208. The van der Waals surface area contributed by atoms with E-state index in [-0.39, 0.29) is 11.5 Å². The number of thiophene rings is 1. The predicted molar refractivity (Wildman–Crippen MR) is 118 cm³/mol. The number of ether oxygens (including phenoxy) is 1. The molecular formula is C24H27N3O2S. The number of carbonyl (C=O) groups excluding carboxylic acids is 1. The molecule has 2 aliphatic carbocycles. The smallest absolute Gasteiger partial charge is 0.226 e. The number of rotatable bonds is 2. The summed E-state index contributed by atoms with van der Waals surface area (Å²) in [6.45, 7) is 2.33. The van der Waals surface area contributed by atoms with Gasteiger partial charge in [0, 0.05) is 30.3 Å². The number of allylic oxidation sites excluding steroid dienone is 2. The summed E-state index contributed by atoms with van der Waals surface area (Å²) < 4.78 is 6.42. The molecule has 2 aromatic heterocycles. The van der Waals surface area contributed by atoms with Crippen molar-refractivity contribution in [1.29, 1.82) is 0 Å². The van der Waals surface area contributed by atoms with Crippen LogP contribution in [0.25, 0.3) is 10.6 Å². The lowest BCUT2D eigenvalue weighted by atomic mass is 9.81. The van der Waals surface area contributed by atoms with Crippen molar-refractivity contribution in [3.63, 3.8) is 0 Å². The monoisotopic (exact) mass is 421 g/mol. The number of nitrogens with zero attached hydrogens (tertiary/aromatic N) is 2. The number of carbonyl (C=O) groups is 1. The van der Waals surface area contributed by atoms with E-state index in [1.165, 1.54) is 16.9 Å². The third-order valence-electron chi connectivity index (χ3n) is 7.51. The Kier molecular flexibility index (Phi) is 4.29. The molecule has 5 nitrogen and oxygen atoms in total. The molecule has 2 aromatic rings. The molecule has 1 saturated carbocycles. The number of anilines is 1. The molecule has 0 unspecified atom stereocenters. The first-order chi connectivity index (χ1) is 14.6. The number of nitrogens with two attached hydrogens (primary N) is 1. The topological polar surface area (TPSA) is 68.5 Å². The van der Waals surface area contributed by atoms with Gasteiger partial charge in [-0.1, -0.05) is 18.2 Å². The molecule has 2 bridgehead atoms. The Morgan fingerprint density at radius 2 is 2.10 bits per heavy atom. The van der Waals surface area contributed by atoms with Gasteiger partial charge in [0.1, 0.15) is 5.82 Å². The van der Waals surface area contributed by atoms with Crippen molar-refractivity contribution < 1.29 is 9.53 Å². The normalized spacial score (nSPS) is 28.8. The van der Waals surface area contributed by atoms with Gasteiger partial charge in [-0.25, -0.2) is 4.98 Å². The third-order valence-corrected chi connectivity index (χ3v) is 8.73. The van der Waals surface area contributed by atoms with E-state index < -0.39 is 0 Å². The second-order valence-electron chi connectivity index (χ2n) is 9.20. The van der Waals surface area contributed by atoms with E-state index in [0.29, 0.717) is 23.6 Å². The van der Waals surface area contributed by atoms with Crippen molar-refractivity contribution in [2.45, 2.75) is 37.7 Å². The molecule has 156 valence electrons. The summed E-state index contributed by atoms with van der Waals surface area (Å²) >= 11 is 1.81. The van der Waals surface area contributed by atoms with Gasteiger partial charge in [0.05, 0.1) is 22.8 Å². The maximum absolute atomic E-state index is 13.2. The molecule has 6 rings (SSSR count). The average molecular weight is 422 g/mol. The number of amides is 1. The van der Waals surface area contributed by atoms with Crippen molar-refractivity contribution in [3.05, 3.63) is 46.9 Å². The number of fused-ring (bicyclic) bond motifs is 4. The van der Waals surface area contributed by atoms with E-state index >= 15 is 0 Å². The van der Waals surface area contributed by atoms with Gasteiger partial charge >= 0.3 is 0 Å². The van der Waals surface area contributed by atoms with Crippen LogP contribution in [0.15, 0.2) is 36.4 Å². The molecule has 1 spiro atoms. The van der Waals surface area contributed by atoms with Gasteiger partial charge in [-0.3, -0.25) is 4.79 Å². The number of likely N-dealkylation sites (tertiary alicyclic amines) is 1. The lowest BCUT2D eigenvalue weighted by Gasteiger charge is -2.44.